The molecule has 8 aromatic rings. The molecule has 0 saturated carbocycles. The number of carboxylic acids is 1. The maximum atomic E-state index is 15.6. The molecule has 1 aromatic heterocycles. The van der Waals surface area contributed by atoms with Gasteiger partial charge in [-0.05, 0) is 138 Å². The number of phenols is 1. The summed E-state index contributed by atoms with van der Waals surface area (Å²) in [6.45, 7) is 12.5. The molecule has 14 rings (SSSR count). The quantitative estimate of drug-likeness (QED) is 0.0570. The molecule has 7 heterocycles. The Morgan fingerprint density at radius 2 is 1.02 bits per heavy atom. The number of nitrogens with zero attached hydrogens (tertiary/aromatic N) is 6. The number of hydrazine groups is 1. The molecule has 0 radical (unpaired) electrons. The van der Waals surface area contributed by atoms with Crippen molar-refractivity contribution in [3.05, 3.63) is 197 Å². The summed E-state index contributed by atoms with van der Waals surface area (Å²) in [6.07, 6.45) is 0.658. The number of benzene rings is 7. The first-order chi connectivity index (χ1) is 57.5. The van der Waals surface area contributed by atoms with Gasteiger partial charge >= 0.3 is 5.97 Å². The van der Waals surface area contributed by atoms with Gasteiger partial charge in [0.2, 0.25) is 53.2 Å². The first-order valence-electron chi connectivity index (χ1n) is 40.3. The number of likely N-dealkylation sites (N-methyl/N-ethyl adjacent to an activating group) is 2. The molecule has 6 aliphatic rings. The van der Waals surface area contributed by atoms with E-state index in [1.165, 1.54) is 14.5 Å². The average Bonchev–Trinajstić information content (AvgIpc) is 1.65. The van der Waals surface area contributed by atoms with Crippen molar-refractivity contribution in [3.8, 4) is 17.2 Å². The van der Waals surface area contributed by atoms with Crippen LogP contribution in [0.2, 0.25) is 0 Å². The number of carbonyl (C=O) groups excluding carboxylic acids is 9. The van der Waals surface area contributed by atoms with Gasteiger partial charge < -0.3 is 82.7 Å². The van der Waals surface area contributed by atoms with Gasteiger partial charge in [0.05, 0.1) is 36.6 Å². The number of fused-ring (bicyclic) bond motifs is 2. The van der Waals surface area contributed by atoms with Gasteiger partial charge in [-0.25, -0.2) is 23.3 Å². The van der Waals surface area contributed by atoms with Gasteiger partial charge in [0.15, 0.2) is 17.4 Å². The lowest BCUT2D eigenvalue weighted by Gasteiger charge is -2.36. The Morgan fingerprint density at radius 1 is 0.570 bits per heavy atom. The van der Waals surface area contributed by atoms with Crippen molar-refractivity contribution in [2.24, 2.45) is 10.8 Å². The maximum Gasteiger partial charge on any atom is 0.326 e. The molecule has 6 aliphatic heterocycles. The highest BCUT2D eigenvalue weighted by Crippen LogP contribution is 2.34. The number of aromatic nitrogens is 3. The molecular formula is C88H107F2N17O14. The van der Waals surface area contributed by atoms with Gasteiger partial charge in [0.25, 0.3) is 0 Å². The number of hydrogen-bond donors (Lipinski definition) is 13. The van der Waals surface area contributed by atoms with Crippen molar-refractivity contribution in [2.45, 2.75) is 180 Å². The number of rotatable bonds is 17. The lowest BCUT2D eigenvalue weighted by atomic mass is 9.85. The Kier molecular flexibility index (Phi) is 29.0. The molecule has 7 aromatic carbocycles. The van der Waals surface area contributed by atoms with E-state index in [9.17, 15) is 43.6 Å². The lowest BCUT2D eigenvalue weighted by Crippen LogP contribution is -2.61. The molecule has 10 bridgehead atoms. The van der Waals surface area contributed by atoms with E-state index in [-0.39, 0.29) is 88.4 Å². The predicted octanol–water partition coefficient (Wildman–Crippen LogP) is 5.00. The minimum absolute atomic E-state index is 0.0140. The fourth-order valence-electron chi connectivity index (χ4n) is 15.0. The fourth-order valence-corrected chi connectivity index (χ4v) is 15.0. The molecule has 2 saturated heterocycles. The van der Waals surface area contributed by atoms with Crippen LogP contribution < -0.4 is 62.8 Å². The Labute approximate surface area is 700 Å². The van der Waals surface area contributed by atoms with Crippen LogP contribution in [0, 0.1) is 27.9 Å². The smallest absolute Gasteiger partial charge is 0.326 e. The Balaban J connectivity index is 0.949. The number of halogens is 2. The number of likely N-dealkylation sites (tertiary alicyclic amines) is 2. The Bertz CT molecular complexity index is 5110. The number of nitrogens with one attached hydrogen (secondary N) is 11. The second kappa shape index (κ2) is 39.3. The standard InChI is InChI=1S/C88H107F2N17O14/c1-49(92-9)77(109)100-75(87(3,4)5)84(116)104-45-62-40-72(104)82(114)98-70(39-54-21-27-57-17-13-15-19-59(57)33-54)81(113)99-71(86(118)119)37-52-24-30-65(31-25-52)121-48-61-44-107(103-102-61)63-41-73(105(46-63)85(117)76(88(6,7)8)101-78(110)50(2)93-10)83(115)97-69(38-53-20-26-56-16-12-14-18-58(56)32-53)80(112)96-68(79(111)95-42-55-34-66(89)74(108)67(90)35-55)36-51-22-28-64(29-23-51)120-47-60(91)43-106(62)94-11/h12-35,44,49-50,62-63,68-73,75-76,91-94,108H,36-43,45-48H2,1-11H3,(H,95,111)(H,96,112)(H,97,115)(H,98,114)(H,99,113)(H,100,109)(H,101,110)(H,118,119). The topological polar surface area (TPSA) is 414 Å². The van der Waals surface area contributed by atoms with Gasteiger partial charge in [0, 0.05) is 57.8 Å². The summed E-state index contributed by atoms with van der Waals surface area (Å²) >= 11 is 0. The van der Waals surface area contributed by atoms with E-state index >= 15 is 28.8 Å². The van der Waals surface area contributed by atoms with Crippen molar-refractivity contribution >= 4 is 86.4 Å². The molecule has 0 aliphatic carbocycles. The number of amides is 9. The largest absolute Gasteiger partial charge is 0.503 e. The van der Waals surface area contributed by atoms with Gasteiger partial charge in [-0.15, -0.1) is 5.10 Å². The normalized spacial score (nSPS) is 21.2. The van der Waals surface area contributed by atoms with Gasteiger partial charge in [-0.2, -0.15) is 0 Å². The van der Waals surface area contributed by atoms with Crippen LogP contribution in [0.3, 0.4) is 0 Å². The number of phenolic OH excluding ortho intramolecular Hbond substituents is 1. The highest BCUT2D eigenvalue weighted by molar-refractivity contribution is 5.99. The molecule has 642 valence electrons. The van der Waals surface area contributed by atoms with E-state index in [1.54, 1.807) is 148 Å². The third-order valence-electron chi connectivity index (χ3n) is 22.3. The molecule has 0 spiro atoms. The zero-order valence-electron chi connectivity index (χ0n) is 69.6. The van der Waals surface area contributed by atoms with Crippen LogP contribution >= 0.6 is 0 Å². The number of carbonyl (C=O) groups is 10. The van der Waals surface area contributed by atoms with E-state index in [0.717, 1.165) is 33.7 Å². The van der Waals surface area contributed by atoms with E-state index in [4.69, 9.17) is 9.47 Å². The molecule has 2 fully saturated rings. The first-order valence-corrected chi connectivity index (χ1v) is 40.3. The van der Waals surface area contributed by atoms with Gasteiger partial charge in [-0.1, -0.05) is 156 Å². The van der Waals surface area contributed by atoms with Crippen LogP contribution in [0.15, 0.2) is 152 Å². The third-order valence-corrected chi connectivity index (χ3v) is 22.3. The molecule has 121 heavy (non-hydrogen) atoms. The fraction of sp³-hybridized carbons (Fsp3) is 0.420. The summed E-state index contributed by atoms with van der Waals surface area (Å²) in [4.78, 5) is 150. The SMILES string of the molecule is CNC(C)C(=O)NC(C(=O)N1CC2CC1C(=O)NC(Cc1ccc3ccccc3c1)C(=O)NC(C(=O)O)Cc1ccc(cc1)OCc1cn(nn1)C1CC(C(=O)NC(Cc3ccc4ccccc4c3)C(=O)NC(C(=O)NCc3cc(F)c(O)c(F)c3)Cc3ccc(cc3)OCC(=N)CN2NC)N(C(=O)C(NC(=O)C(C)NC)C(C)(C)C)C1)C(C)(C)C. The van der Waals surface area contributed by atoms with Crippen molar-refractivity contribution in [1.29, 1.82) is 5.41 Å². The summed E-state index contributed by atoms with van der Waals surface area (Å²) in [6, 6.07) is 26.6. The summed E-state index contributed by atoms with van der Waals surface area (Å²) in [5.74, 6) is -10.9. The van der Waals surface area contributed by atoms with Crippen LogP contribution in [0.5, 0.6) is 17.2 Å². The number of hydrogen-bond acceptors (Lipinski definition) is 20. The predicted molar refractivity (Wildman–Crippen MR) is 447 cm³/mol. The van der Waals surface area contributed by atoms with Crippen molar-refractivity contribution in [2.75, 3.05) is 47.4 Å². The van der Waals surface area contributed by atoms with E-state index in [1.807, 2.05) is 72.8 Å². The minimum atomic E-state index is -1.54. The van der Waals surface area contributed by atoms with Crippen LogP contribution in [0.4, 0.5) is 8.78 Å². The van der Waals surface area contributed by atoms with Crippen LogP contribution in [0.1, 0.15) is 108 Å². The number of aromatic hydroxyl groups is 1. The van der Waals surface area contributed by atoms with Crippen LogP contribution in [-0.2, 0) is 86.8 Å². The summed E-state index contributed by atoms with van der Waals surface area (Å²) in [5, 5.41) is 69.6. The van der Waals surface area contributed by atoms with E-state index in [2.05, 4.69) is 63.6 Å². The first kappa shape index (κ1) is 89.5. The van der Waals surface area contributed by atoms with Crippen molar-refractivity contribution < 1.29 is 76.4 Å². The second-order valence-electron chi connectivity index (χ2n) is 33.3. The molecular weight excluding hydrogens is 1560 g/mol. The summed E-state index contributed by atoms with van der Waals surface area (Å²) in [7, 11) is 4.80. The minimum Gasteiger partial charge on any atom is -0.503 e. The zero-order valence-corrected chi connectivity index (χ0v) is 69.6. The Hall–Kier alpha value is -12.3. The highest BCUT2D eigenvalue weighted by atomic mass is 19.1. The second-order valence-corrected chi connectivity index (χ2v) is 33.3. The molecule has 12 unspecified atom stereocenters. The maximum absolute atomic E-state index is 15.6. The number of carboxylic acid groups (broad SMARTS) is 1. The molecule has 13 N–H and O–H groups in total. The monoisotopic (exact) mass is 1660 g/mol. The van der Waals surface area contributed by atoms with E-state index < -0.39 is 166 Å². The van der Waals surface area contributed by atoms with Gasteiger partial charge in [-0.3, -0.25) is 48.6 Å². The van der Waals surface area contributed by atoms with Crippen molar-refractivity contribution in [1.82, 2.24) is 83.1 Å². The molecule has 31 nitrogen and oxygen atoms in total. The van der Waals surface area contributed by atoms with E-state index in [0.29, 0.717) is 33.7 Å². The summed E-state index contributed by atoms with van der Waals surface area (Å²) in [5.41, 5.74) is 3.63. The van der Waals surface area contributed by atoms with Crippen molar-refractivity contribution in [3.63, 3.8) is 0 Å². The summed E-state index contributed by atoms with van der Waals surface area (Å²) < 4.78 is 43.5. The lowest BCUT2D eigenvalue weighted by molar-refractivity contribution is -0.145. The zero-order chi connectivity index (χ0) is 87.3. The van der Waals surface area contributed by atoms with Gasteiger partial charge in [0.1, 0.15) is 78.7 Å². The molecule has 9 amide bonds. The third kappa shape index (κ3) is 22.8. The number of aliphatic carboxylic acids is 1. The average molecular weight is 1660 g/mol. The number of ether oxygens (including phenoxy) is 2. The van der Waals surface area contributed by atoms with Crippen LogP contribution in [0.25, 0.3) is 21.5 Å². The van der Waals surface area contributed by atoms with Crippen LogP contribution in [-0.4, -0.2) is 219 Å². The highest BCUT2D eigenvalue weighted by Gasteiger charge is 2.49. The molecule has 12 atom stereocenters. The Morgan fingerprint density at radius 3 is 1.48 bits per heavy atom. The molecule has 33 heteroatoms.